The molecule has 23 heavy (non-hydrogen) atoms. The number of hydrogen-bond donors (Lipinski definition) is 0. The molecule has 0 saturated carbocycles. The van der Waals surface area contributed by atoms with Crippen molar-refractivity contribution in [1.29, 1.82) is 5.26 Å². The third-order valence-electron chi connectivity index (χ3n) is 3.99. The van der Waals surface area contributed by atoms with Crippen LogP contribution in [0.4, 0.5) is 5.69 Å². The highest BCUT2D eigenvalue weighted by Crippen LogP contribution is 2.14. The summed E-state index contributed by atoms with van der Waals surface area (Å²) in [6.07, 6.45) is 0.304. The molecule has 1 heterocycles. The van der Waals surface area contributed by atoms with Crippen molar-refractivity contribution in [2.45, 2.75) is 13.3 Å². The highest BCUT2D eigenvalue weighted by Gasteiger charge is 2.23. The fraction of sp³-hybridized carbons (Fsp3) is 0.471. The minimum Gasteiger partial charge on any atom is -0.340 e. The molecule has 0 radical (unpaired) electrons. The Morgan fingerprint density at radius 3 is 2.39 bits per heavy atom. The largest absolute Gasteiger partial charge is 0.340 e. The first-order valence-electron chi connectivity index (χ1n) is 7.82. The van der Waals surface area contributed by atoms with Gasteiger partial charge in [-0.25, -0.2) is 0 Å². The zero-order valence-electron chi connectivity index (χ0n) is 13.4. The van der Waals surface area contributed by atoms with Crippen molar-refractivity contribution >= 4 is 17.5 Å². The van der Waals surface area contributed by atoms with Gasteiger partial charge in [0.05, 0.1) is 19.0 Å². The number of para-hydroxylation sites is 1. The Labute approximate surface area is 136 Å². The van der Waals surface area contributed by atoms with Gasteiger partial charge in [0.15, 0.2) is 0 Å². The maximum absolute atomic E-state index is 12.6. The van der Waals surface area contributed by atoms with Crippen molar-refractivity contribution in [2.24, 2.45) is 0 Å². The van der Waals surface area contributed by atoms with E-state index in [0.29, 0.717) is 45.7 Å². The first kappa shape index (κ1) is 17.0. The Morgan fingerprint density at radius 2 is 1.83 bits per heavy atom. The van der Waals surface area contributed by atoms with Crippen LogP contribution >= 0.6 is 0 Å². The average Bonchev–Trinajstić information content (AvgIpc) is 2.56. The first-order chi connectivity index (χ1) is 11.1. The second kappa shape index (κ2) is 8.30. The number of nitriles is 1. The topological polar surface area (TPSA) is 67.7 Å². The van der Waals surface area contributed by atoms with E-state index in [4.69, 9.17) is 5.26 Å². The molecule has 2 rings (SSSR count). The molecular formula is C17H22N4O2. The number of hydrogen-bond acceptors (Lipinski definition) is 4. The van der Waals surface area contributed by atoms with E-state index in [-0.39, 0.29) is 11.8 Å². The molecule has 1 aromatic rings. The summed E-state index contributed by atoms with van der Waals surface area (Å²) < 4.78 is 0. The number of anilines is 1. The van der Waals surface area contributed by atoms with Crippen molar-refractivity contribution in [2.75, 3.05) is 44.2 Å². The molecular weight excluding hydrogens is 292 g/mol. The SMILES string of the molecule is CC(=O)N1CCN(CC(=O)N(CCC#N)c2ccccc2)CC1. The number of carbonyl (C=O) groups is 2. The number of amides is 2. The Hall–Kier alpha value is -2.39. The molecule has 2 amide bonds. The summed E-state index contributed by atoms with van der Waals surface area (Å²) in [5.41, 5.74) is 0.815. The zero-order valence-corrected chi connectivity index (χ0v) is 13.4. The number of benzene rings is 1. The Balaban J connectivity index is 1.96. The van der Waals surface area contributed by atoms with Gasteiger partial charge in [-0.3, -0.25) is 14.5 Å². The van der Waals surface area contributed by atoms with E-state index >= 15 is 0 Å². The van der Waals surface area contributed by atoms with Crippen LogP contribution in [0.3, 0.4) is 0 Å². The molecule has 1 aromatic carbocycles. The number of nitrogens with zero attached hydrogens (tertiary/aromatic N) is 4. The van der Waals surface area contributed by atoms with Crippen molar-refractivity contribution in [3.63, 3.8) is 0 Å². The van der Waals surface area contributed by atoms with Gasteiger partial charge in [-0.2, -0.15) is 5.26 Å². The lowest BCUT2D eigenvalue weighted by molar-refractivity contribution is -0.130. The second-order valence-electron chi connectivity index (χ2n) is 5.57. The fourth-order valence-electron chi connectivity index (χ4n) is 2.67. The van der Waals surface area contributed by atoms with E-state index in [9.17, 15) is 9.59 Å². The maximum atomic E-state index is 12.6. The van der Waals surface area contributed by atoms with E-state index in [1.165, 1.54) is 0 Å². The molecule has 0 N–H and O–H groups in total. The smallest absolute Gasteiger partial charge is 0.241 e. The molecule has 0 atom stereocenters. The van der Waals surface area contributed by atoms with Crippen molar-refractivity contribution in [3.05, 3.63) is 30.3 Å². The van der Waals surface area contributed by atoms with Crippen molar-refractivity contribution in [1.82, 2.24) is 9.80 Å². The van der Waals surface area contributed by atoms with Crippen LogP contribution in [0.5, 0.6) is 0 Å². The summed E-state index contributed by atoms with van der Waals surface area (Å²) >= 11 is 0. The fourth-order valence-corrected chi connectivity index (χ4v) is 2.67. The average molecular weight is 314 g/mol. The summed E-state index contributed by atoms with van der Waals surface area (Å²) in [5, 5.41) is 8.81. The minimum atomic E-state index is -0.0114. The van der Waals surface area contributed by atoms with Gasteiger partial charge in [0, 0.05) is 45.3 Å². The van der Waals surface area contributed by atoms with Gasteiger partial charge in [-0.1, -0.05) is 18.2 Å². The number of piperazine rings is 1. The molecule has 0 unspecified atom stereocenters. The molecule has 1 saturated heterocycles. The molecule has 1 fully saturated rings. The third-order valence-corrected chi connectivity index (χ3v) is 3.99. The van der Waals surface area contributed by atoms with Gasteiger partial charge >= 0.3 is 0 Å². The lowest BCUT2D eigenvalue weighted by atomic mass is 10.2. The molecule has 1 aliphatic heterocycles. The standard InChI is InChI=1S/C17H22N4O2/c1-15(22)20-12-10-19(11-13-20)14-17(23)21(9-5-8-18)16-6-3-2-4-7-16/h2-4,6-7H,5,9-14H2,1H3. The summed E-state index contributed by atoms with van der Waals surface area (Å²) in [6, 6.07) is 11.5. The van der Waals surface area contributed by atoms with E-state index in [1.54, 1.807) is 16.7 Å². The summed E-state index contributed by atoms with van der Waals surface area (Å²) in [6.45, 7) is 5.00. The van der Waals surface area contributed by atoms with E-state index < -0.39 is 0 Å². The van der Waals surface area contributed by atoms with Crippen LogP contribution in [0.25, 0.3) is 0 Å². The van der Waals surface area contributed by atoms with Crippen LogP contribution in [0.15, 0.2) is 30.3 Å². The van der Waals surface area contributed by atoms with Gasteiger partial charge < -0.3 is 9.80 Å². The predicted octanol–water partition coefficient (Wildman–Crippen LogP) is 1.10. The Morgan fingerprint density at radius 1 is 1.17 bits per heavy atom. The highest BCUT2D eigenvalue weighted by atomic mass is 16.2. The van der Waals surface area contributed by atoms with Crippen LogP contribution in [-0.4, -0.2) is 60.9 Å². The quantitative estimate of drug-likeness (QED) is 0.816. The number of carbonyl (C=O) groups excluding carboxylic acids is 2. The maximum Gasteiger partial charge on any atom is 0.241 e. The van der Waals surface area contributed by atoms with Crippen LogP contribution in [0.2, 0.25) is 0 Å². The lowest BCUT2D eigenvalue weighted by Crippen LogP contribution is -2.51. The predicted molar refractivity (Wildman–Crippen MR) is 87.7 cm³/mol. The molecule has 6 heteroatoms. The van der Waals surface area contributed by atoms with Crippen LogP contribution in [0, 0.1) is 11.3 Å². The van der Waals surface area contributed by atoms with E-state index in [0.717, 1.165) is 5.69 Å². The molecule has 6 nitrogen and oxygen atoms in total. The third kappa shape index (κ3) is 4.80. The van der Waals surface area contributed by atoms with Crippen LogP contribution in [-0.2, 0) is 9.59 Å². The molecule has 1 aliphatic rings. The highest BCUT2D eigenvalue weighted by molar-refractivity contribution is 5.94. The summed E-state index contributed by atoms with van der Waals surface area (Å²) in [7, 11) is 0. The minimum absolute atomic E-state index is 0.0114. The lowest BCUT2D eigenvalue weighted by Gasteiger charge is -2.34. The van der Waals surface area contributed by atoms with E-state index in [2.05, 4.69) is 11.0 Å². The van der Waals surface area contributed by atoms with Gasteiger partial charge in [0.2, 0.25) is 11.8 Å². The zero-order chi connectivity index (χ0) is 16.7. The van der Waals surface area contributed by atoms with Crippen molar-refractivity contribution in [3.8, 4) is 6.07 Å². The molecule has 122 valence electrons. The van der Waals surface area contributed by atoms with Gasteiger partial charge in [-0.05, 0) is 12.1 Å². The molecule has 0 spiro atoms. The number of rotatable bonds is 5. The van der Waals surface area contributed by atoms with E-state index in [1.807, 2.05) is 30.3 Å². The van der Waals surface area contributed by atoms with Gasteiger partial charge in [-0.15, -0.1) is 0 Å². The second-order valence-corrected chi connectivity index (χ2v) is 5.57. The van der Waals surface area contributed by atoms with Crippen LogP contribution in [0.1, 0.15) is 13.3 Å². The van der Waals surface area contributed by atoms with Crippen LogP contribution < -0.4 is 4.90 Å². The first-order valence-corrected chi connectivity index (χ1v) is 7.82. The summed E-state index contributed by atoms with van der Waals surface area (Å²) in [4.78, 5) is 29.5. The molecule has 0 aromatic heterocycles. The Bertz CT molecular complexity index is 574. The normalized spacial score (nSPS) is 15.0. The Kier molecular flexibility index (Phi) is 6.12. The molecule has 0 aliphatic carbocycles. The van der Waals surface area contributed by atoms with Gasteiger partial charge in [0.25, 0.3) is 0 Å². The molecule has 0 bridgehead atoms. The van der Waals surface area contributed by atoms with Gasteiger partial charge in [0.1, 0.15) is 0 Å². The monoisotopic (exact) mass is 314 g/mol. The summed E-state index contributed by atoms with van der Waals surface area (Å²) in [5.74, 6) is 0.0682. The van der Waals surface area contributed by atoms with Crippen molar-refractivity contribution < 1.29 is 9.59 Å².